The molecule has 0 atom stereocenters. The van der Waals surface area contributed by atoms with Crippen molar-refractivity contribution in [3.05, 3.63) is 23.2 Å². The summed E-state index contributed by atoms with van der Waals surface area (Å²) in [6.07, 6.45) is 2.44. The molecule has 0 saturated heterocycles. The van der Waals surface area contributed by atoms with Gasteiger partial charge in [0.25, 0.3) is 0 Å². The highest BCUT2D eigenvalue weighted by molar-refractivity contribution is 6.30. The Bertz CT molecular complexity index is 446. The van der Waals surface area contributed by atoms with Crippen LogP contribution in [0.25, 0.3) is 0 Å². The van der Waals surface area contributed by atoms with Crippen molar-refractivity contribution in [3.8, 4) is 5.75 Å². The van der Waals surface area contributed by atoms with E-state index >= 15 is 0 Å². The van der Waals surface area contributed by atoms with E-state index in [9.17, 15) is 4.79 Å². The number of methoxy groups -OCH3 is 1. The number of nitrogens with zero attached hydrogens (tertiary/aromatic N) is 1. The molecule has 1 aromatic rings. The second-order valence-corrected chi connectivity index (χ2v) is 5.34. The molecule has 1 amide bonds. The number of hydrogen-bond acceptors (Lipinski definition) is 3. The lowest BCUT2D eigenvalue weighted by molar-refractivity contribution is -0.131. The van der Waals surface area contributed by atoms with Crippen molar-refractivity contribution in [1.82, 2.24) is 4.90 Å². The summed E-state index contributed by atoms with van der Waals surface area (Å²) >= 11 is 5.98. The van der Waals surface area contributed by atoms with Crippen LogP contribution in [0.15, 0.2) is 18.2 Å². The summed E-state index contributed by atoms with van der Waals surface area (Å²) in [6.45, 7) is 6.40. The van der Waals surface area contributed by atoms with Gasteiger partial charge in [0.05, 0.1) is 12.8 Å². The molecule has 0 aliphatic carbocycles. The highest BCUT2D eigenvalue weighted by Gasteiger charge is 2.11. The zero-order chi connectivity index (χ0) is 15.7. The van der Waals surface area contributed by atoms with E-state index in [1.54, 1.807) is 19.2 Å². The van der Waals surface area contributed by atoms with Gasteiger partial charge in [0.2, 0.25) is 5.91 Å². The Labute approximate surface area is 132 Å². The molecule has 4 nitrogen and oxygen atoms in total. The Morgan fingerprint density at radius 3 is 2.52 bits per heavy atom. The molecule has 1 N–H and O–H groups in total. The summed E-state index contributed by atoms with van der Waals surface area (Å²) < 4.78 is 5.27. The number of hydrogen-bond donors (Lipinski definition) is 1. The third-order valence-corrected chi connectivity index (χ3v) is 3.39. The van der Waals surface area contributed by atoms with Crippen LogP contribution in [-0.4, -0.2) is 37.6 Å². The Hall–Kier alpha value is -1.42. The number of amides is 1. The molecule has 0 aliphatic heterocycles. The van der Waals surface area contributed by atoms with Gasteiger partial charge in [-0.15, -0.1) is 0 Å². The van der Waals surface area contributed by atoms with Gasteiger partial charge in [0.15, 0.2) is 0 Å². The van der Waals surface area contributed by atoms with Gasteiger partial charge in [-0.25, -0.2) is 0 Å². The van der Waals surface area contributed by atoms with E-state index in [4.69, 9.17) is 16.3 Å². The fraction of sp³-hybridized carbons (Fsp3) is 0.562. The quantitative estimate of drug-likeness (QED) is 0.754. The van der Waals surface area contributed by atoms with Gasteiger partial charge in [0, 0.05) is 31.1 Å². The molecule has 118 valence electrons. The summed E-state index contributed by atoms with van der Waals surface area (Å²) in [5.74, 6) is 0.915. The van der Waals surface area contributed by atoms with E-state index in [-0.39, 0.29) is 5.91 Å². The van der Waals surface area contributed by atoms with Crippen LogP contribution in [0.4, 0.5) is 5.69 Å². The van der Waals surface area contributed by atoms with Crippen LogP contribution in [0.3, 0.4) is 0 Å². The number of benzene rings is 1. The molecule has 0 radical (unpaired) electrons. The minimum absolute atomic E-state index is 0.187. The van der Waals surface area contributed by atoms with Crippen LogP contribution in [0, 0.1) is 0 Å². The number of halogens is 1. The summed E-state index contributed by atoms with van der Waals surface area (Å²) in [4.78, 5) is 14.1. The maximum Gasteiger partial charge on any atom is 0.224 e. The third kappa shape index (κ3) is 5.84. The summed E-state index contributed by atoms with van der Waals surface area (Å²) in [5, 5.41) is 3.86. The molecule has 0 aliphatic rings. The average molecular weight is 313 g/mol. The van der Waals surface area contributed by atoms with Crippen LogP contribution in [0.5, 0.6) is 5.75 Å². The first kappa shape index (κ1) is 17.6. The lowest BCUT2D eigenvalue weighted by Crippen LogP contribution is -2.33. The number of ether oxygens (including phenoxy) is 1. The molecular formula is C16H25ClN2O2. The molecule has 0 unspecified atom stereocenters. The van der Waals surface area contributed by atoms with E-state index < -0.39 is 0 Å². The van der Waals surface area contributed by atoms with E-state index in [0.717, 1.165) is 37.4 Å². The number of rotatable bonds is 9. The number of anilines is 1. The van der Waals surface area contributed by atoms with Crippen molar-refractivity contribution in [1.29, 1.82) is 0 Å². The second-order valence-electron chi connectivity index (χ2n) is 4.90. The largest absolute Gasteiger partial charge is 0.495 e. The van der Waals surface area contributed by atoms with Gasteiger partial charge < -0.3 is 15.0 Å². The van der Waals surface area contributed by atoms with Gasteiger partial charge >= 0.3 is 0 Å². The number of carbonyl (C=O) groups excluding carboxylic acids is 1. The van der Waals surface area contributed by atoms with E-state index in [1.165, 1.54) is 0 Å². The van der Waals surface area contributed by atoms with Crippen LogP contribution in [-0.2, 0) is 4.79 Å². The molecule has 0 fully saturated rings. The zero-order valence-electron chi connectivity index (χ0n) is 13.1. The van der Waals surface area contributed by atoms with Crippen molar-refractivity contribution >= 4 is 23.2 Å². The highest BCUT2D eigenvalue weighted by Crippen LogP contribution is 2.27. The van der Waals surface area contributed by atoms with Crippen molar-refractivity contribution in [2.45, 2.75) is 33.1 Å². The van der Waals surface area contributed by atoms with Crippen LogP contribution >= 0.6 is 11.6 Å². The lowest BCUT2D eigenvalue weighted by Gasteiger charge is -2.21. The minimum atomic E-state index is 0.187. The predicted octanol–water partition coefficient (Wildman–Crippen LogP) is 3.80. The molecular weight excluding hydrogens is 288 g/mol. The second kappa shape index (κ2) is 9.50. The molecule has 0 saturated carbocycles. The first-order chi connectivity index (χ1) is 10.1. The molecule has 0 spiro atoms. The van der Waals surface area contributed by atoms with Gasteiger partial charge in [-0.05, 0) is 31.0 Å². The van der Waals surface area contributed by atoms with Crippen LogP contribution in [0.1, 0.15) is 33.1 Å². The monoisotopic (exact) mass is 312 g/mol. The summed E-state index contributed by atoms with van der Waals surface area (Å²) in [5.41, 5.74) is 0.815. The highest BCUT2D eigenvalue weighted by atomic mass is 35.5. The van der Waals surface area contributed by atoms with Gasteiger partial charge in [-0.3, -0.25) is 4.79 Å². The first-order valence-corrected chi connectivity index (χ1v) is 7.85. The van der Waals surface area contributed by atoms with Crippen molar-refractivity contribution in [2.24, 2.45) is 0 Å². The fourth-order valence-corrected chi connectivity index (χ4v) is 2.35. The Morgan fingerprint density at radius 2 is 1.95 bits per heavy atom. The van der Waals surface area contributed by atoms with Gasteiger partial charge in [-0.2, -0.15) is 0 Å². The SMILES string of the molecule is CCCN(CCC)C(=O)CCNc1cc(Cl)ccc1OC. The molecule has 0 aromatic heterocycles. The third-order valence-electron chi connectivity index (χ3n) is 3.16. The van der Waals surface area contributed by atoms with Crippen LogP contribution in [0.2, 0.25) is 5.02 Å². The first-order valence-electron chi connectivity index (χ1n) is 7.47. The zero-order valence-corrected chi connectivity index (χ0v) is 13.9. The lowest BCUT2D eigenvalue weighted by atomic mass is 10.2. The summed E-state index contributed by atoms with van der Waals surface area (Å²) in [7, 11) is 1.61. The normalized spacial score (nSPS) is 10.3. The Balaban J connectivity index is 2.52. The predicted molar refractivity (Wildman–Crippen MR) is 88.3 cm³/mol. The Kier molecular flexibility index (Phi) is 7.98. The van der Waals surface area contributed by atoms with E-state index in [2.05, 4.69) is 19.2 Å². The maximum absolute atomic E-state index is 12.2. The molecule has 1 aromatic carbocycles. The molecule has 0 heterocycles. The van der Waals surface area contributed by atoms with E-state index in [0.29, 0.717) is 18.0 Å². The molecule has 21 heavy (non-hydrogen) atoms. The van der Waals surface area contributed by atoms with E-state index in [1.807, 2.05) is 11.0 Å². The molecule has 5 heteroatoms. The average Bonchev–Trinajstić information content (AvgIpc) is 2.47. The molecule has 0 bridgehead atoms. The number of nitrogens with one attached hydrogen (secondary N) is 1. The minimum Gasteiger partial charge on any atom is -0.495 e. The molecule has 1 rings (SSSR count). The fourth-order valence-electron chi connectivity index (χ4n) is 2.18. The van der Waals surface area contributed by atoms with Crippen molar-refractivity contribution in [2.75, 3.05) is 32.1 Å². The van der Waals surface area contributed by atoms with Crippen molar-refractivity contribution in [3.63, 3.8) is 0 Å². The smallest absolute Gasteiger partial charge is 0.224 e. The topological polar surface area (TPSA) is 41.6 Å². The summed E-state index contributed by atoms with van der Waals surface area (Å²) in [6, 6.07) is 5.40. The maximum atomic E-state index is 12.2. The van der Waals surface area contributed by atoms with Crippen molar-refractivity contribution < 1.29 is 9.53 Å². The Morgan fingerprint density at radius 1 is 1.29 bits per heavy atom. The standard InChI is InChI=1S/C16H25ClN2O2/c1-4-10-19(11-5-2)16(20)8-9-18-14-12-13(17)6-7-15(14)21-3/h6-7,12,18H,4-5,8-11H2,1-3H3. The van der Waals surface area contributed by atoms with Gasteiger partial charge in [0.1, 0.15) is 5.75 Å². The number of carbonyl (C=O) groups is 1. The van der Waals surface area contributed by atoms with Crippen LogP contribution < -0.4 is 10.1 Å². The van der Waals surface area contributed by atoms with Gasteiger partial charge in [-0.1, -0.05) is 25.4 Å².